The van der Waals surface area contributed by atoms with E-state index in [9.17, 15) is 8.42 Å². The quantitative estimate of drug-likeness (QED) is 0.918. The van der Waals surface area contributed by atoms with Crippen molar-refractivity contribution in [2.45, 2.75) is 10.9 Å². The van der Waals surface area contributed by atoms with E-state index in [1.54, 1.807) is 16.4 Å². The van der Waals surface area contributed by atoms with Gasteiger partial charge >= 0.3 is 0 Å². The van der Waals surface area contributed by atoms with Gasteiger partial charge in [-0.05, 0) is 37.0 Å². The van der Waals surface area contributed by atoms with Crippen LogP contribution in [0.25, 0.3) is 10.8 Å². The van der Waals surface area contributed by atoms with Gasteiger partial charge in [0.1, 0.15) is 0 Å². The Bertz CT molecular complexity index is 789. The lowest BCUT2D eigenvalue weighted by atomic mass is 10.1. The third-order valence-electron chi connectivity index (χ3n) is 4.20. The summed E-state index contributed by atoms with van der Waals surface area (Å²) < 4.78 is 27.9. The molecule has 0 amide bonds. The van der Waals surface area contributed by atoms with Crippen LogP contribution < -0.4 is 5.32 Å². The molecule has 0 radical (unpaired) electrons. The first-order valence-corrected chi connectivity index (χ1v) is 9.28. The molecule has 1 atom stereocenters. The maximum Gasteiger partial charge on any atom is 0.243 e. The summed E-state index contributed by atoms with van der Waals surface area (Å²) in [4.78, 5) is 2.41. The number of rotatable bonds is 4. The van der Waals surface area contributed by atoms with Crippen molar-refractivity contribution in [3.8, 4) is 0 Å². The molecular formula is C17H23N3O2S. The predicted octanol–water partition coefficient (Wildman–Crippen LogP) is 1.36. The highest BCUT2D eigenvalue weighted by Gasteiger charge is 2.33. The number of hydrogen-bond acceptors (Lipinski definition) is 4. The van der Waals surface area contributed by atoms with E-state index in [2.05, 4.69) is 5.32 Å². The second-order valence-electron chi connectivity index (χ2n) is 6.24. The zero-order valence-corrected chi connectivity index (χ0v) is 14.4. The molecule has 0 saturated carbocycles. The Morgan fingerprint density at radius 2 is 1.91 bits per heavy atom. The van der Waals surface area contributed by atoms with Gasteiger partial charge in [0.15, 0.2) is 0 Å². The molecule has 1 heterocycles. The molecule has 1 aliphatic heterocycles. The lowest BCUT2D eigenvalue weighted by Gasteiger charge is -2.36. The summed E-state index contributed by atoms with van der Waals surface area (Å²) in [6.07, 6.45) is 0. The van der Waals surface area contributed by atoms with Crippen molar-refractivity contribution in [2.75, 3.05) is 40.3 Å². The Balaban J connectivity index is 1.97. The van der Waals surface area contributed by atoms with Gasteiger partial charge in [-0.2, -0.15) is 4.31 Å². The van der Waals surface area contributed by atoms with Gasteiger partial charge in [0.05, 0.1) is 10.9 Å². The average molecular weight is 333 g/mol. The monoisotopic (exact) mass is 333 g/mol. The molecule has 6 heteroatoms. The molecule has 2 aromatic rings. The molecule has 0 aromatic heterocycles. The molecule has 23 heavy (non-hydrogen) atoms. The van der Waals surface area contributed by atoms with E-state index in [-0.39, 0.29) is 6.04 Å². The molecule has 3 rings (SSSR count). The summed E-state index contributed by atoms with van der Waals surface area (Å²) >= 11 is 0. The normalized spacial score (nSPS) is 20.2. The van der Waals surface area contributed by atoms with Crippen molar-refractivity contribution in [2.24, 2.45) is 0 Å². The molecule has 5 nitrogen and oxygen atoms in total. The van der Waals surface area contributed by atoms with Gasteiger partial charge in [0.2, 0.25) is 10.0 Å². The molecule has 2 aromatic carbocycles. The van der Waals surface area contributed by atoms with Crippen LogP contribution in [0.3, 0.4) is 0 Å². The number of sulfonamides is 1. The van der Waals surface area contributed by atoms with E-state index in [0.29, 0.717) is 31.1 Å². The van der Waals surface area contributed by atoms with Crippen LogP contribution in [0.5, 0.6) is 0 Å². The lowest BCUT2D eigenvalue weighted by Crippen LogP contribution is -2.56. The minimum atomic E-state index is -3.48. The summed E-state index contributed by atoms with van der Waals surface area (Å²) in [6, 6.07) is 13.2. The highest BCUT2D eigenvalue weighted by Crippen LogP contribution is 2.24. The minimum absolute atomic E-state index is 0.0461. The Hall–Kier alpha value is -1.47. The molecule has 1 aliphatic rings. The summed E-state index contributed by atoms with van der Waals surface area (Å²) in [5.74, 6) is 0. The fourth-order valence-electron chi connectivity index (χ4n) is 3.10. The van der Waals surface area contributed by atoms with Gasteiger partial charge in [0.25, 0.3) is 0 Å². The van der Waals surface area contributed by atoms with Crippen LogP contribution in [0.4, 0.5) is 0 Å². The van der Waals surface area contributed by atoms with E-state index >= 15 is 0 Å². The van der Waals surface area contributed by atoms with Crippen LogP contribution in [-0.4, -0.2) is 63.9 Å². The third-order valence-corrected chi connectivity index (χ3v) is 6.15. The Kier molecular flexibility index (Phi) is 4.68. The van der Waals surface area contributed by atoms with E-state index in [4.69, 9.17) is 0 Å². The van der Waals surface area contributed by atoms with Gasteiger partial charge in [0, 0.05) is 26.2 Å². The maximum absolute atomic E-state index is 13.1. The molecule has 1 saturated heterocycles. The number of fused-ring (bicyclic) bond motifs is 1. The van der Waals surface area contributed by atoms with E-state index in [0.717, 1.165) is 10.8 Å². The molecular weight excluding hydrogens is 310 g/mol. The maximum atomic E-state index is 13.1. The molecule has 0 aliphatic carbocycles. The zero-order chi connectivity index (χ0) is 16.4. The van der Waals surface area contributed by atoms with Crippen molar-refractivity contribution < 1.29 is 8.42 Å². The van der Waals surface area contributed by atoms with Gasteiger partial charge in [-0.15, -0.1) is 0 Å². The Morgan fingerprint density at radius 3 is 2.65 bits per heavy atom. The van der Waals surface area contributed by atoms with Crippen LogP contribution >= 0.6 is 0 Å². The van der Waals surface area contributed by atoms with Crippen LogP contribution in [0.15, 0.2) is 47.4 Å². The van der Waals surface area contributed by atoms with Crippen LogP contribution in [-0.2, 0) is 10.0 Å². The van der Waals surface area contributed by atoms with Gasteiger partial charge < -0.3 is 10.2 Å². The average Bonchev–Trinajstić information content (AvgIpc) is 2.54. The van der Waals surface area contributed by atoms with Crippen LogP contribution in [0.1, 0.15) is 0 Å². The third kappa shape index (κ3) is 3.40. The van der Waals surface area contributed by atoms with E-state index in [1.165, 1.54) is 0 Å². The predicted molar refractivity (Wildman–Crippen MR) is 93.1 cm³/mol. The summed E-state index contributed by atoms with van der Waals surface area (Å²) in [5.41, 5.74) is 0. The van der Waals surface area contributed by atoms with Crippen molar-refractivity contribution in [1.29, 1.82) is 0 Å². The zero-order valence-electron chi connectivity index (χ0n) is 13.6. The standard InChI is InChI=1S/C17H23N3O2S/c1-19(2)13-16-12-18-9-10-20(16)23(21,22)17-8-7-14-5-3-4-6-15(14)11-17/h3-8,11,16,18H,9-10,12-13H2,1-2H3. The van der Waals surface area contributed by atoms with Gasteiger partial charge in [-0.1, -0.05) is 30.3 Å². The fourth-order valence-corrected chi connectivity index (χ4v) is 4.75. The number of nitrogens with one attached hydrogen (secondary N) is 1. The number of hydrogen-bond donors (Lipinski definition) is 1. The largest absolute Gasteiger partial charge is 0.314 e. The number of benzene rings is 2. The van der Waals surface area contributed by atoms with Crippen molar-refractivity contribution in [3.05, 3.63) is 42.5 Å². The topological polar surface area (TPSA) is 52.6 Å². The van der Waals surface area contributed by atoms with E-state index in [1.807, 2.05) is 49.3 Å². The smallest absolute Gasteiger partial charge is 0.243 e. The lowest BCUT2D eigenvalue weighted by molar-refractivity contribution is 0.217. The molecule has 0 bridgehead atoms. The SMILES string of the molecule is CN(C)CC1CNCCN1S(=O)(=O)c1ccc2ccccc2c1. The molecule has 1 unspecified atom stereocenters. The van der Waals surface area contributed by atoms with Crippen LogP contribution in [0, 0.1) is 0 Å². The van der Waals surface area contributed by atoms with E-state index < -0.39 is 10.0 Å². The van der Waals surface area contributed by atoms with Crippen molar-refractivity contribution in [3.63, 3.8) is 0 Å². The molecule has 1 fully saturated rings. The van der Waals surface area contributed by atoms with Crippen molar-refractivity contribution in [1.82, 2.24) is 14.5 Å². The van der Waals surface area contributed by atoms with Crippen molar-refractivity contribution >= 4 is 20.8 Å². The minimum Gasteiger partial charge on any atom is -0.314 e. The first-order valence-electron chi connectivity index (χ1n) is 7.84. The second-order valence-corrected chi connectivity index (χ2v) is 8.14. The summed E-state index contributed by atoms with van der Waals surface area (Å²) in [6.45, 7) is 2.59. The first kappa shape index (κ1) is 16.4. The molecule has 0 spiro atoms. The Labute approximate surface area is 137 Å². The summed E-state index contributed by atoms with van der Waals surface area (Å²) in [5, 5.41) is 5.29. The van der Waals surface area contributed by atoms with Crippen LogP contribution in [0.2, 0.25) is 0 Å². The second kappa shape index (κ2) is 6.57. The first-order chi connectivity index (χ1) is 11.0. The highest BCUT2D eigenvalue weighted by molar-refractivity contribution is 7.89. The fraction of sp³-hybridized carbons (Fsp3) is 0.412. The highest BCUT2D eigenvalue weighted by atomic mass is 32.2. The number of nitrogens with zero attached hydrogens (tertiary/aromatic N) is 2. The Morgan fingerprint density at radius 1 is 1.17 bits per heavy atom. The summed E-state index contributed by atoms with van der Waals surface area (Å²) in [7, 11) is 0.454. The van der Waals surface area contributed by atoms with Gasteiger partial charge in [-0.25, -0.2) is 8.42 Å². The number of likely N-dealkylation sites (N-methyl/N-ethyl adjacent to an activating group) is 1. The number of piperazine rings is 1. The molecule has 1 N–H and O–H groups in total. The molecule has 124 valence electrons. The van der Waals surface area contributed by atoms with Gasteiger partial charge in [-0.3, -0.25) is 0 Å².